The molecule has 7 heteroatoms. The number of amides is 1. The highest BCUT2D eigenvalue weighted by Gasteiger charge is 2.25. The zero-order chi connectivity index (χ0) is 17.9. The van der Waals surface area contributed by atoms with E-state index in [1.807, 2.05) is 39.9 Å². The van der Waals surface area contributed by atoms with Crippen LogP contribution in [0.1, 0.15) is 12.8 Å². The van der Waals surface area contributed by atoms with Crippen molar-refractivity contribution in [1.82, 2.24) is 19.4 Å². The van der Waals surface area contributed by atoms with Gasteiger partial charge in [0.05, 0.1) is 11.0 Å². The Labute approximate surface area is 159 Å². The van der Waals surface area contributed by atoms with Crippen LogP contribution in [-0.4, -0.2) is 44.5 Å². The number of carbonyl (C=O) groups is 1. The van der Waals surface area contributed by atoms with Crippen molar-refractivity contribution in [2.24, 2.45) is 0 Å². The van der Waals surface area contributed by atoms with Gasteiger partial charge in [-0.1, -0.05) is 18.2 Å². The maximum absolute atomic E-state index is 12.8. The summed E-state index contributed by atoms with van der Waals surface area (Å²) in [4.78, 5) is 22.9. The first kappa shape index (κ1) is 17.0. The van der Waals surface area contributed by atoms with Crippen LogP contribution in [0.3, 0.4) is 0 Å². The van der Waals surface area contributed by atoms with Crippen molar-refractivity contribution in [1.29, 1.82) is 0 Å². The lowest BCUT2D eigenvalue weighted by Crippen LogP contribution is -2.45. The fourth-order valence-corrected chi connectivity index (χ4v) is 3.50. The number of ether oxygens (including phenoxy) is 1. The predicted molar refractivity (Wildman–Crippen MR) is 102 cm³/mol. The summed E-state index contributed by atoms with van der Waals surface area (Å²) in [7, 11) is 0. The molecule has 0 radical (unpaired) electrons. The number of para-hydroxylation sites is 1. The Kier molecular flexibility index (Phi) is 4.88. The molecule has 3 aromatic rings. The number of aromatic nitrogens is 3. The van der Waals surface area contributed by atoms with Crippen LogP contribution in [0.2, 0.25) is 0 Å². The van der Waals surface area contributed by atoms with E-state index >= 15 is 0 Å². The fourth-order valence-electron chi connectivity index (χ4n) is 3.30. The topological polar surface area (TPSA) is 60.2 Å². The number of halogens is 1. The average molecular weight is 415 g/mol. The summed E-state index contributed by atoms with van der Waals surface area (Å²) in [6.07, 6.45) is 7.03. The summed E-state index contributed by atoms with van der Waals surface area (Å²) in [5.74, 6) is 0.108. The normalized spacial score (nSPS) is 17.4. The van der Waals surface area contributed by atoms with E-state index in [4.69, 9.17) is 4.74 Å². The maximum atomic E-state index is 12.8. The van der Waals surface area contributed by atoms with Crippen LogP contribution in [0.15, 0.2) is 53.4 Å². The molecule has 1 aromatic carbocycles. The maximum Gasteiger partial charge on any atom is 0.316 e. The number of rotatable bonds is 4. The molecule has 0 bridgehead atoms. The molecule has 4 rings (SSSR count). The largest absolute Gasteiger partial charge is 0.458 e. The third-order valence-electron chi connectivity index (χ3n) is 4.59. The summed E-state index contributed by atoms with van der Waals surface area (Å²) in [5.41, 5.74) is 1.08. The summed E-state index contributed by atoms with van der Waals surface area (Å²) in [5, 5.41) is 1.15. The van der Waals surface area contributed by atoms with Crippen molar-refractivity contribution in [2.75, 3.05) is 13.1 Å². The molecule has 1 aliphatic rings. The first-order chi connectivity index (χ1) is 12.7. The number of carbonyl (C=O) groups excluding carboxylic acids is 1. The summed E-state index contributed by atoms with van der Waals surface area (Å²) in [6.45, 7) is 1.67. The zero-order valence-corrected chi connectivity index (χ0v) is 15.8. The van der Waals surface area contributed by atoms with Gasteiger partial charge in [0.15, 0.2) is 0 Å². The van der Waals surface area contributed by atoms with Crippen LogP contribution in [0.4, 0.5) is 0 Å². The van der Waals surface area contributed by atoms with E-state index in [0.29, 0.717) is 19.1 Å². The average Bonchev–Trinajstić information content (AvgIpc) is 3.07. The van der Waals surface area contributed by atoms with Crippen LogP contribution < -0.4 is 4.74 Å². The van der Waals surface area contributed by atoms with E-state index in [9.17, 15) is 4.79 Å². The molecule has 26 heavy (non-hydrogen) atoms. The highest BCUT2D eigenvalue weighted by Crippen LogP contribution is 2.19. The molecule has 134 valence electrons. The van der Waals surface area contributed by atoms with Crippen LogP contribution in [0.5, 0.6) is 6.01 Å². The zero-order valence-electron chi connectivity index (χ0n) is 14.2. The molecule has 1 amide bonds. The van der Waals surface area contributed by atoms with Crippen molar-refractivity contribution in [2.45, 2.75) is 25.5 Å². The number of likely N-dealkylation sites (tertiary alicyclic amines) is 1. The standard InChI is InChI=1S/C19H19BrN4O2/c20-15-10-21-19(22-11-15)26-16-5-3-8-24(12-16)18(25)13-23-9-7-14-4-1-2-6-17(14)23/h1-2,4,6-7,9-11,16H,3,5,8,12-13H2. The molecule has 1 fully saturated rings. The Hall–Kier alpha value is -2.41. The van der Waals surface area contributed by atoms with E-state index in [2.05, 4.69) is 32.0 Å². The number of benzene rings is 1. The van der Waals surface area contributed by atoms with Crippen molar-refractivity contribution in [3.05, 3.63) is 53.4 Å². The van der Waals surface area contributed by atoms with Crippen molar-refractivity contribution in [3.8, 4) is 6.01 Å². The minimum absolute atomic E-state index is 0.0738. The van der Waals surface area contributed by atoms with Gasteiger partial charge in [-0.2, -0.15) is 0 Å². The van der Waals surface area contributed by atoms with Crippen molar-refractivity contribution >= 4 is 32.7 Å². The third kappa shape index (κ3) is 3.72. The minimum Gasteiger partial charge on any atom is -0.458 e. The van der Waals surface area contributed by atoms with Crippen LogP contribution >= 0.6 is 15.9 Å². The van der Waals surface area contributed by atoms with Gasteiger partial charge in [-0.25, -0.2) is 9.97 Å². The molecule has 6 nitrogen and oxygen atoms in total. The smallest absolute Gasteiger partial charge is 0.316 e. The molecule has 0 N–H and O–H groups in total. The summed E-state index contributed by atoms with van der Waals surface area (Å²) >= 11 is 3.31. The van der Waals surface area contributed by atoms with Crippen LogP contribution in [-0.2, 0) is 11.3 Å². The minimum atomic E-state index is -0.0738. The van der Waals surface area contributed by atoms with E-state index in [1.54, 1.807) is 12.4 Å². The Balaban J connectivity index is 1.40. The summed E-state index contributed by atoms with van der Waals surface area (Å²) in [6, 6.07) is 10.5. The van der Waals surface area contributed by atoms with Crippen LogP contribution in [0, 0.1) is 0 Å². The van der Waals surface area contributed by atoms with E-state index in [1.165, 1.54) is 0 Å². The molecule has 2 aromatic heterocycles. The predicted octanol–water partition coefficient (Wildman–Crippen LogP) is 3.26. The van der Waals surface area contributed by atoms with Gasteiger partial charge >= 0.3 is 6.01 Å². The number of fused-ring (bicyclic) bond motifs is 1. The Morgan fingerprint density at radius 1 is 1.23 bits per heavy atom. The van der Waals surface area contributed by atoms with Gasteiger partial charge in [0.2, 0.25) is 5.91 Å². The second kappa shape index (κ2) is 7.45. The molecule has 3 heterocycles. The molecule has 1 atom stereocenters. The highest BCUT2D eigenvalue weighted by atomic mass is 79.9. The fraction of sp³-hybridized carbons (Fsp3) is 0.316. The van der Waals surface area contributed by atoms with E-state index in [-0.39, 0.29) is 12.0 Å². The first-order valence-corrected chi connectivity index (χ1v) is 9.44. The van der Waals surface area contributed by atoms with Gasteiger partial charge in [-0.15, -0.1) is 0 Å². The lowest BCUT2D eigenvalue weighted by Gasteiger charge is -2.32. The molecule has 0 aliphatic carbocycles. The van der Waals surface area contributed by atoms with Crippen molar-refractivity contribution in [3.63, 3.8) is 0 Å². The van der Waals surface area contributed by atoms with Gasteiger partial charge in [-0.05, 0) is 46.3 Å². The van der Waals surface area contributed by atoms with Gasteiger partial charge in [0, 0.05) is 30.7 Å². The molecule has 1 unspecified atom stereocenters. The lowest BCUT2D eigenvalue weighted by atomic mass is 10.1. The van der Waals surface area contributed by atoms with E-state index in [0.717, 1.165) is 34.8 Å². The molecular formula is C19H19BrN4O2. The first-order valence-electron chi connectivity index (χ1n) is 8.65. The Bertz CT molecular complexity index is 909. The Morgan fingerprint density at radius 2 is 2.04 bits per heavy atom. The summed E-state index contributed by atoms with van der Waals surface area (Å²) < 4.78 is 8.66. The lowest BCUT2D eigenvalue weighted by molar-refractivity contribution is -0.134. The molecular weight excluding hydrogens is 396 g/mol. The SMILES string of the molecule is O=C(Cn1ccc2ccccc21)N1CCCC(Oc2ncc(Br)cn2)C1. The number of piperidine rings is 1. The van der Waals surface area contributed by atoms with Gasteiger partial charge in [0.25, 0.3) is 0 Å². The third-order valence-corrected chi connectivity index (χ3v) is 4.99. The highest BCUT2D eigenvalue weighted by molar-refractivity contribution is 9.10. The van der Waals surface area contributed by atoms with E-state index < -0.39 is 0 Å². The molecule has 1 saturated heterocycles. The Morgan fingerprint density at radius 3 is 2.88 bits per heavy atom. The molecule has 1 aliphatic heterocycles. The molecule has 0 spiro atoms. The molecule has 0 saturated carbocycles. The number of nitrogens with zero attached hydrogens (tertiary/aromatic N) is 4. The van der Waals surface area contributed by atoms with Gasteiger partial charge in [-0.3, -0.25) is 4.79 Å². The number of hydrogen-bond donors (Lipinski definition) is 0. The number of hydrogen-bond acceptors (Lipinski definition) is 4. The monoisotopic (exact) mass is 414 g/mol. The second-order valence-corrected chi connectivity index (χ2v) is 7.32. The van der Waals surface area contributed by atoms with Crippen LogP contribution in [0.25, 0.3) is 10.9 Å². The van der Waals surface area contributed by atoms with Crippen molar-refractivity contribution < 1.29 is 9.53 Å². The van der Waals surface area contributed by atoms with Gasteiger partial charge in [0.1, 0.15) is 12.6 Å². The quantitative estimate of drug-likeness (QED) is 0.657. The van der Waals surface area contributed by atoms with Gasteiger partial charge < -0.3 is 14.2 Å². The second-order valence-electron chi connectivity index (χ2n) is 6.41.